The summed E-state index contributed by atoms with van der Waals surface area (Å²) in [5.41, 5.74) is 0.894. The van der Waals surface area contributed by atoms with E-state index in [1.54, 1.807) is 12.1 Å². The van der Waals surface area contributed by atoms with Gasteiger partial charge >= 0.3 is 0 Å². The lowest BCUT2D eigenvalue weighted by atomic mass is 10.0. The fourth-order valence-corrected chi connectivity index (χ4v) is 3.24. The van der Waals surface area contributed by atoms with Crippen molar-refractivity contribution in [1.29, 1.82) is 0 Å². The minimum atomic E-state index is -0.397. The largest absolute Gasteiger partial charge is 0.444 e. The van der Waals surface area contributed by atoms with Crippen molar-refractivity contribution in [1.82, 2.24) is 9.88 Å². The molecule has 2 fully saturated rings. The highest BCUT2D eigenvalue weighted by molar-refractivity contribution is 5.22. The van der Waals surface area contributed by atoms with Gasteiger partial charge in [0, 0.05) is 18.5 Å². The van der Waals surface area contributed by atoms with Crippen molar-refractivity contribution < 1.29 is 13.9 Å². The van der Waals surface area contributed by atoms with E-state index in [9.17, 15) is 9.50 Å². The maximum Gasteiger partial charge on any atom is 0.208 e. The summed E-state index contributed by atoms with van der Waals surface area (Å²) >= 11 is 0. The number of rotatable bonds is 4. The molecule has 1 aromatic heterocycles. The van der Waals surface area contributed by atoms with Crippen LogP contribution in [0.3, 0.4) is 0 Å². The molecule has 1 aliphatic carbocycles. The van der Waals surface area contributed by atoms with Gasteiger partial charge in [-0.3, -0.25) is 4.90 Å². The molecule has 1 aromatic carbocycles. The Labute approximate surface area is 128 Å². The zero-order chi connectivity index (χ0) is 15.1. The van der Waals surface area contributed by atoms with Gasteiger partial charge < -0.3 is 9.52 Å². The van der Waals surface area contributed by atoms with Crippen LogP contribution in [0, 0.1) is 5.82 Å². The molecule has 2 aromatic rings. The molecule has 0 amide bonds. The topological polar surface area (TPSA) is 49.5 Å². The summed E-state index contributed by atoms with van der Waals surface area (Å²) < 4.78 is 19.3. The van der Waals surface area contributed by atoms with Crippen LogP contribution in [0.2, 0.25) is 0 Å². The quantitative estimate of drug-likeness (QED) is 0.943. The summed E-state index contributed by atoms with van der Waals surface area (Å²) in [5, 5.41) is 10.00. The third-order valence-corrected chi connectivity index (χ3v) is 4.50. The standard InChI is InChI=1S/C17H19FN2O2/c18-13-3-1-2-12(6-13)15-7-14(21)9-20(15)10-17-19-8-16(22-17)11-4-5-11/h1-3,6,8,11,14-15,21H,4-5,7,9-10H2. The molecule has 0 spiro atoms. The third-order valence-electron chi connectivity index (χ3n) is 4.50. The molecule has 4 rings (SSSR count). The molecule has 1 aliphatic heterocycles. The predicted molar refractivity (Wildman–Crippen MR) is 78.7 cm³/mol. The second-order valence-corrected chi connectivity index (χ2v) is 6.32. The van der Waals surface area contributed by atoms with Crippen LogP contribution in [0.1, 0.15) is 48.4 Å². The van der Waals surface area contributed by atoms with Gasteiger partial charge in [0.2, 0.25) is 5.89 Å². The van der Waals surface area contributed by atoms with Crippen molar-refractivity contribution in [2.45, 2.75) is 43.9 Å². The first-order valence-corrected chi connectivity index (χ1v) is 7.81. The molecule has 4 nitrogen and oxygen atoms in total. The number of likely N-dealkylation sites (tertiary alicyclic amines) is 1. The molecule has 1 N–H and O–H groups in total. The van der Waals surface area contributed by atoms with Crippen LogP contribution in [-0.4, -0.2) is 27.6 Å². The zero-order valence-corrected chi connectivity index (χ0v) is 12.3. The predicted octanol–water partition coefficient (Wildman–Crippen LogP) is 3.00. The van der Waals surface area contributed by atoms with Crippen LogP contribution in [0.25, 0.3) is 0 Å². The van der Waals surface area contributed by atoms with Crippen molar-refractivity contribution in [3.8, 4) is 0 Å². The Balaban J connectivity index is 1.53. The molecule has 5 heteroatoms. The van der Waals surface area contributed by atoms with Crippen LogP contribution < -0.4 is 0 Å². The molecular weight excluding hydrogens is 283 g/mol. The van der Waals surface area contributed by atoms with Crippen molar-refractivity contribution in [2.24, 2.45) is 0 Å². The summed E-state index contributed by atoms with van der Waals surface area (Å²) in [6.45, 7) is 1.10. The number of halogens is 1. The first kappa shape index (κ1) is 13.9. The Morgan fingerprint density at radius 3 is 3.00 bits per heavy atom. The summed E-state index contributed by atoms with van der Waals surface area (Å²) in [6.07, 6.45) is 4.40. The minimum absolute atomic E-state index is 0.00183. The maximum absolute atomic E-state index is 13.5. The van der Waals surface area contributed by atoms with Gasteiger partial charge in [0.15, 0.2) is 0 Å². The highest BCUT2D eigenvalue weighted by atomic mass is 19.1. The van der Waals surface area contributed by atoms with E-state index in [0.717, 1.165) is 11.3 Å². The number of β-amino-alcohol motifs (C(OH)–C–C–N with tert-alkyl or cyclic N) is 1. The fraction of sp³-hybridized carbons (Fsp3) is 0.471. The van der Waals surface area contributed by atoms with Crippen LogP contribution in [0.4, 0.5) is 4.39 Å². The molecule has 116 valence electrons. The van der Waals surface area contributed by atoms with E-state index >= 15 is 0 Å². The highest BCUT2D eigenvalue weighted by Gasteiger charge is 2.34. The normalized spacial score (nSPS) is 25.7. The van der Waals surface area contributed by atoms with E-state index in [1.165, 1.54) is 18.9 Å². The number of oxazole rings is 1. The van der Waals surface area contributed by atoms with Crippen molar-refractivity contribution in [3.63, 3.8) is 0 Å². The van der Waals surface area contributed by atoms with Crippen molar-refractivity contribution in [3.05, 3.63) is 53.5 Å². The number of hydrogen-bond acceptors (Lipinski definition) is 4. The minimum Gasteiger partial charge on any atom is -0.444 e. The van der Waals surface area contributed by atoms with E-state index in [1.807, 2.05) is 12.3 Å². The molecule has 1 saturated heterocycles. The number of hydrogen-bond donors (Lipinski definition) is 1. The van der Waals surface area contributed by atoms with Gasteiger partial charge in [0.1, 0.15) is 11.6 Å². The molecule has 0 bridgehead atoms. The molecular formula is C17H19FN2O2. The van der Waals surface area contributed by atoms with E-state index in [0.29, 0.717) is 31.3 Å². The summed E-state index contributed by atoms with van der Waals surface area (Å²) in [6, 6.07) is 6.60. The second kappa shape index (κ2) is 5.48. The Morgan fingerprint density at radius 1 is 1.36 bits per heavy atom. The molecule has 2 heterocycles. The zero-order valence-electron chi connectivity index (χ0n) is 12.3. The Morgan fingerprint density at radius 2 is 2.23 bits per heavy atom. The van der Waals surface area contributed by atoms with Crippen molar-refractivity contribution >= 4 is 0 Å². The number of benzene rings is 1. The summed E-state index contributed by atoms with van der Waals surface area (Å²) in [7, 11) is 0. The van der Waals surface area contributed by atoms with E-state index in [-0.39, 0.29) is 11.9 Å². The first-order valence-electron chi connectivity index (χ1n) is 7.81. The van der Waals surface area contributed by atoms with E-state index in [2.05, 4.69) is 9.88 Å². The number of aliphatic hydroxyl groups excluding tert-OH is 1. The van der Waals surface area contributed by atoms with Gasteiger partial charge in [-0.2, -0.15) is 0 Å². The monoisotopic (exact) mass is 302 g/mol. The Bertz CT molecular complexity index is 668. The SMILES string of the molecule is OC1CC(c2cccc(F)c2)N(Cc2ncc(C3CC3)o2)C1. The van der Waals surface area contributed by atoms with E-state index < -0.39 is 6.10 Å². The average Bonchev–Trinajstić information content (AvgIpc) is 3.13. The lowest BCUT2D eigenvalue weighted by molar-refractivity contribution is 0.166. The maximum atomic E-state index is 13.5. The molecule has 2 unspecified atom stereocenters. The van der Waals surface area contributed by atoms with Gasteiger partial charge in [-0.15, -0.1) is 0 Å². The molecule has 22 heavy (non-hydrogen) atoms. The Hall–Kier alpha value is -1.72. The summed E-state index contributed by atoms with van der Waals surface area (Å²) in [5.74, 6) is 1.95. The van der Waals surface area contributed by atoms with Crippen LogP contribution in [0.15, 0.2) is 34.9 Å². The van der Waals surface area contributed by atoms with Crippen LogP contribution in [-0.2, 0) is 6.54 Å². The Kier molecular flexibility index (Phi) is 3.47. The first-order chi connectivity index (χ1) is 10.7. The molecule has 2 aliphatic rings. The lowest BCUT2D eigenvalue weighted by Crippen LogP contribution is -2.24. The highest BCUT2D eigenvalue weighted by Crippen LogP contribution is 2.40. The second-order valence-electron chi connectivity index (χ2n) is 6.32. The number of aliphatic hydroxyl groups is 1. The van der Waals surface area contributed by atoms with Gasteiger partial charge in [-0.25, -0.2) is 9.37 Å². The van der Waals surface area contributed by atoms with Crippen molar-refractivity contribution in [2.75, 3.05) is 6.54 Å². The average molecular weight is 302 g/mol. The molecule has 0 radical (unpaired) electrons. The van der Waals surface area contributed by atoms with Crippen LogP contribution in [0.5, 0.6) is 0 Å². The van der Waals surface area contributed by atoms with Gasteiger partial charge in [-0.05, 0) is 37.0 Å². The third kappa shape index (κ3) is 2.78. The summed E-state index contributed by atoms with van der Waals surface area (Å²) in [4.78, 5) is 6.46. The fourth-order valence-electron chi connectivity index (χ4n) is 3.24. The molecule has 1 saturated carbocycles. The van der Waals surface area contributed by atoms with Gasteiger partial charge in [0.05, 0.1) is 18.8 Å². The smallest absolute Gasteiger partial charge is 0.208 e. The number of aromatic nitrogens is 1. The van der Waals surface area contributed by atoms with E-state index in [4.69, 9.17) is 4.42 Å². The number of nitrogens with zero attached hydrogens (tertiary/aromatic N) is 2. The van der Waals surface area contributed by atoms with Crippen LogP contribution >= 0.6 is 0 Å². The van der Waals surface area contributed by atoms with Gasteiger partial charge in [-0.1, -0.05) is 12.1 Å². The van der Waals surface area contributed by atoms with Gasteiger partial charge in [0.25, 0.3) is 0 Å². The molecule has 2 atom stereocenters. The lowest BCUT2D eigenvalue weighted by Gasteiger charge is -2.23.